The molecule has 0 amide bonds. The van der Waals surface area contributed by atoms with E-state index >= 15 is 0 Å². The van der Waals surface area contributed by atoms with Crippen molar-refractivity contribution in [3.8, 4) is 0 Å². The minimum Gasteiger partial charge on any atom is -0.285 e. The maximum atomic E-state index is 9.82. The molecule has 0 aromatic heterocycles. The van der Waals surface area contributed by atoms with Gasteiger partial charge in [0.25, 0.3) is 10.1 Å². The molecule has 4 heteroatoms. The highest BCUT2D eigenvalue weighted by Crippen LogP contribution is 1.91. The topological polar surface area (TPSA) is 54.4 Å². The van der Waals surface area contributed by atoms with Gasteiger partial charge in [0.1, 0.15) is 0 Å². The first-order chi connectivity index (χ1) is 2.94. The lowest BCUT2D eigenvalue weighted by molar-refractivity contribution is 0.477. The molecular formula is C3H7O3S. The maximum Gasteiger partial charge on any atom is 0.267 e. The molecule has 0 aromatic rings. The summed E-state index contributed by atoms with van der Waals surface area (Å²) in [5.41, 5.74) is 0. The molecule has 0 rings (SSSR count). The second-order valence-electron chi connectivity index (χ2n) is 1.33. The fourth-order valence-electron chi connectivity index (χ4n) is 0. The van der Waals surface area contributed by atoms with E-state index in [-0.39, 0.29) is 0 Å². The molecule has 0 fully saturated rings. The zero-order valence-corrected chi connectivity index (χ0v) is 4.77. The zero-order chi connectivity index (χ0) is 6.08. The molecule has 0 saturated heterocycles. The van der Waals surface area contributed by atoms with Crippen LogP contribution in [-0.4, -0.2) is 18.2 Å². The summed E-state index contributed by atoms with van der Waals surface area (Å²) in [6, 6.07) is 0. The van der Waals surface area contributed by atoms with Crippen LogP contribution in [0, 0.1) is 6.92 Å². The van der Waals surface area contributed by atoms with Crippen molar-refractivity contribution in [1.82, 2.24) is 0 Å². The Morgan fingerprint density at radius 1 is 1.71 bits per heavy atom. The van der Waals surface area contributed by atoms with Crippen LogP contribution in [0.2, 0.25) is 0 Å². The van der Waals surface area contributed by atoms with Gasteiger partial charge in [0.05, 0.1) is 5.25 Å². The summed E-state index contributed by atoms with van der Waals surface area (Å²) in [6.45, 7) is 4.37. The highest BCUT2D eigenvalue weighted by atomic mass is 32.2. The summed E-state index contributed by atoms with van der Waals surface area (Å²) in [6.07, 6.45) is 0. The van der Waals surface area contributed by atoms with Gasteiger partial charge in [-0.05, 0) is 13.8 Å². The van der Waals surface area contributed by atoms with Crippen LogP contribution in [0.4, 0.5) is 0 Å². The number of hydrogen-bond acceptors (Lipinski definition) is 2. The van der Waals surface area contributed by atoms with Gasteiger partial charge in [-0.15, -0.1) is 0 Å². The lowest BCUT2D eigenvalue weighted by Crippen LogP contribution is -2.11. The molecule has 0 aliphatic rings. The molecule has 0 heterocycles. The highest BCUT2D eigenvalue weighted by Gasteiger charge is 2.08. The van der Waals surface area contributed by atoms with E-state index in [0.29, 0.717) is 0 Å². The van der Waals surface area contributed by atoms with Gasteiger partial charge < -0.3 is 0 Å². The average Bonchev–Trinajstić information content (AvgIpc) is 1.31. The molecule has 43 valence electrons. The van der Waals surface area contributed by atoms with Crippen molar-refractivity contribution < 1.29 is 13.0 Å². The van der Waals surface area contributed by atoms with Crippen molar-refractivity contribution in [2.45, 2.75) is 12.2 Å². The normalized spacial score (nSPS) is 12.6. The van der Waals surface area contributed by atoms with E-state index in [1.54, 1.807) is 0 Å². The average molecular weight is 123 g/mol. The van der Waals surface area contributed by atoms with Crippen molar-refractivity contribution >= 4 is 10.1 Å². The Hall–Kier alpha value is -0.0900. The van der Waals surface area contributed by atoms with Gasteiger partial charge in [-0.3, -0.25) is 4.55 Å². The molecular weight excluding hydrogens is 116 g/mol. The van der Waals surface area contributed by atoms with Crippen molar-refractivity contribution in [2.24, 2.45) is 0 Å². The number of hydrogen-bond donors (Lipinski definition) is 1. The van der Waals surface area contributed by atoms with Crippen molar-refractivity contribution in [3.63, 3.8) is 0 Å². The molecule has 1 N–H and O–H groups in total. The molecule has 0 saturated carbocycles. The molecule has 7 heavy (non-hydrogen) atoms. The van der Waals surface area contributed by atoms with Crippen molar-refractivity contribution in [1.29, 1.82) is 0 Å². The Morgan fingerprint density at radius 3 is 1.86 bits per heavy atom. The Morgan fingerprint density at radius 2 is 1.86 bits per heavy atom. The monoisotopic (exact) mass is 123 g/mol. The van der Waals surface area contributed by atoms with E-state index in [0.717, 1.165) is 0 Å². The SMILES string of the molecule is [CH2]C(C)S(=O)(=O)O. The summed E-state index contributed by atoms with van der Waals surface area (Å²) in [7, 11) is -3.85. The molecule has 1 atom stereocenters. The van der Waals surface area contributed by atoms with Crippen LogP contribution < -0.4 is 0 Å². The van der Waals surface area contributed by atoms with Crippen LogP contribution in [0.25, 0.3) is 0 Å². The second-order valence-corrected chi connectivity index (χ2v) is 3.16. The molecule has 3 nitrogen and oxygen atoms in total. The summed E-state index contributed by atoms with van der Waals surface area (Å²) in [5.74, 6) is 0. The van der Waals surface area contributed by atoms with Gasteiger partial charge in [-0.25, -0.2) is 0 Å². The zero-order valence-electron chi connectivity index (χ0n) is 3.96. The molecule has 1 radical (unpaired) electrons. The predicted octanol–water partition coefficient (Wildman–Crippen LogP) is 0.0968. The van der Waals surface area contributed by atoms with E-state index < -0.39 is 15.4 Å². The van der Waals surface area contributed by atoms with Crippen molar-refractivity contribution in [2.75, 3.05) is 0 Å². The largest absolute Gasteiger partial charge is 0.285 e. The van der Waals surface area contributed by atoms with Gasteiger partial charge in [-0.2, -0.15) is 8.42 Å². The van der Waals surface area contributed by atoms with Crippen LogP contribution in [-0.2, 0) is 10.1 Å². The minimum absolute atomic E-state index is 0.924. The molecule has 0 aliphatic carbocycles. The molecule has 1 unspecified atom stereocenters. The first-order valence-corrected chi connectivity index (χ1v) is 3.24. The second kappa shape index (κ2) is 1.79. The lowest BCUT2D eigenvalue weighted by atomic mass is 10.6. The van der Waals surface area contributed by atoms with Gasteiger partial charge in [0, 0.05) is 0 Å². The van der Waals surface area contributed by atoms with Gasteiger partial charge in [-0.1, -0.05) is 0 Å². The van der Waals surface area contributed by atoms with Gasteiger partial charge in [0.2, 0.25) is 0 Å². The van der Waals surface area contributed by atoms with Crippen molar-refractivity contribution in [3.05, 3.63) is 6.92 Å². The first kappa shape index (κ1) is 6.91. The van der Waals surface area contributed by atoms with E-state index in [1.165, 1.54) is 6.92 Å². The summed E-state index contributed by atoms with van der Waals surface area (Å²) < 4.78 is 27.7. The summed E-state index contributed by atoms with van der Waals surface area (Å²) in [4.78, 5) is 0. The highest BCUT2D eigenvalue weighted by molar-refractivity contribution is 7.86. The standard InChI is InChI=1S/C3H7O3S/c1-3(2)7(4,5)6/h3H,1H2,2H3,(H,4,5,6). The smallest absolute Gasteiger partial charge is 0.267 e. The van der Waals surface area contributed by atoms with Crippen LogP contribution in [0.5, 0.6) is 0 Å². The van der Waals surface area contributed by atoms with E-state index in [9.17, 15) is 8.42 Å². The Kier molecular flexibility index (Phi) is 1.77. The Balaban J connectivity index is 4.10. The third-order valence-corrected chi connectivity index (χ3v) is 1.53. The van der Waals surface area contributed by atoms with Crippen LogP contribution >= 0.6 is 0 Å². The third kappa shape index (κ3) is 2.59. The maximum absolute atomic E-state index is 9.82. The third-order valence-electron chi connectivity index (χ3n) is 0.508. The number of rotatable bonds is 1. The van der Waals surface area contributed by atoms with E-state index in [1.807, 2.05) is 0 Å². The Labute approximate surface area is 43.1 Å². The summed E-state index contributed by atoms with van der Waals surface area (Å²) in [5, 5.41) is -0.924. The fraction of sp³-hybridized carbons (Fsp3) is 0.667. The van der Waals surface area contributed by atoms with E-state index in [2.05, 4.69) is 6.92 Å². The fourth-order valence-corrected chi connectivity index (χ4v) is 0. The molecule has 0 spiro atoms. The van der Waals surface area contributed by atoms with Gasteiger partial charge >= 0.3 is 0 Å². The van der Waals surface area contributed by atoms with E-state index in [4.69, 9.17) is 4.55 Å². The molecule has 0 aromatic carbocycles. The molecule has 0 bridgehead atoms. The van der Waals surface area contributed by atoms with Crippen LogP contribution in [0.1, 0.15) is 6.92 Å². The summed E-state index contributed by atoms with van der Waals surface area (Å²) >= 11 is 0. The lowest BCUT2D eigenvalue weighted by Gasteiger charge is -1.94. The van der Waals surface area contributed by atoms with Gasteiger partial charge in [0.15, 0.2) is 0 Å². The van der Waals surface area contributed by atoms with Crippen LogP contribution in [0.15, 0.2) is 0 Å². The first-order valence-electron chi connectivity index (χ1n) is 1.74. The predicted molar refractivity (Wildman–Crippen MR) is 26.4 cm³/mol. The Bertz CT molecular complexity index is 132. The molecule has 0 aliphatic heterocycles. The minimum atomic E-state index is -3.85. The quantitative estimate of drug-likeness (QED) is 0.503. The van der Waals surface area contributed by atoms with Crippen LogP contribution in [0.3, 0.4) is 0 Å².